The molecule has 1 aromatic rings. The van der Waals surface area contributed by atoms with Gasteiger partial charge in [-0.05, 0) is 13.3 Å². The van der Waals surface area contributed by atoms with E-state index in [1.54, 1.807) is 6.33 Å². The molecule has 1 N–H and O–H groups in total. The topological polar surface area (TPSA) is 64.8 Å². The Morgan fingerprint density at radius 2 is 2.24 bits per heavy atom. The summed E-state index contributed by atoms with van der Waals surface area (Å²) in [4.78, 5) is 10.5. The molecule has 1 rings (SSSR count). The predicted octanol–water partition coefficient (Wildman–Crippen LogP) is 2.04. The van der Waals surface area contributed by atoms with Crippen LogP contribution in [0.5, 0.6) is 0 Å². The Bertz CT molecular complexity index is 371. The van der Waals surface area contributed by atoms with Gasteiger partial charge in [-0.2, -0.15) is 5.26 Å². The number of hydrogen-bond donors (Lipinski definition) is 1. The number of rotatable bonds is 7. The van der Waals surface area contributed by atoms with Crippen molar-refractivity contribution in [2.45, 2.75) is 26.7 Å². The van der Waals surface area contributed by atoms with Crippen molar-refractivity contribution >= 4 is 11.6 Å². The fourth-order valence-electron chi connectivity index (χ4n) is 1.49. The molecule has 0 bridgehead atoms. The average molecular weight is 233 g/mol. The summed E-state index contributed by atoms with van der Waals surface area (Å²) < 4.78 is 0. The van der Waals surface area contributed by atoms with E-state index in [4.69, 9.17) is 5.26 Å². The highest BCUT2D eigenvalue weighted by Crippen LogP contribution is 2.14. The summed E-state index contributed by atoms with van der Waals surface area (Å²) in [5.41, 5.74) is 0. The SMILES string of the molecule is CCCNc1cc(N(CC)CCC#N)ncn1. The molecule has 5 nitrogen and oxygen atoms in total. The number of nitriles is 1. The molecule has 0 atom stereocenters. The summed E-state index contributed by atoms with van der Waals surface area (Å²) in [6.45, 7) is 6.61. The van der Waals surface area contributed by atoms with E-state index in [-0.39, 0.29) is 0 Å². The maximum absolute atomic E-state index is 8.61. The summed E-state index contributed by atoms with van der Waals surface area (Å²) >= 11 is 0. The Labute approximate surface area is 102 Å². The highest BCUT2D eigenvalue weighted by atomic mass is 15.2. The maximum Gasteiger partial charge on any atom is 0.134 e. The molecule has 0 spiro atoms. The van der Waals surface area contributed by atoms with Crippen molar-refractivity contribution in [2.24, 2.45) is 0 Å². The van der Waals surface area contributed by atoms with Gasteiger partial charge in [0.2, 0.25) is 0 Å². The molecule has 0 amide bonds. The van der Waals surface area contributed by atoms with Gasteiger partial charge in [-0.25, -0.2) is 9.97 Å². The molecule has 92 valence electrons. The molecular weight excluding hydrogens is 214 g/mol. The van der Waals surface area contributed by atoms with Crippen LogP contribution in [0, 0.1) is 11.3 Å². The van der Waals surface area contributed by atoms with Gasteiger partial charge < -0.3 is 10.2 Å². The van der Waals surface area contributed by atoms with Gasteiger partial charge in [0.25, 0.3) is 0 Å². The number of aromatic nitrogens is 2. The van der Waals surface area contributed by atoms with Gasteiger partial charge in [0.05, 0.1) is 12.5 Å². The van der Waals surface area contributed by atoms with E-state index in [2.05, 4.69) is 40.1 Å². The van der Waals surface area contributed by atoms with E-state index in [1.807, 2.05) is 6.07 Å². The van der Waals surface area contributed by atoms with E-state index in [9.17, 15) is 0 Å². The molecule has 0 aromatic carbocycles. The van der Waals surface area contributed by atoms with Crippen LogP contribution in [0.15, 0.2) is 12.4 Å². The molecule has 0 saturated carbocycles. The summed E-state index contributed by atoms with van der Waals surface area (Å²) in [5.74, 6) is 1.71. The lowest BCUT2D eigenvalue weighted by Gasteiger charge is -2.20. The first kappa shape index (κ1) is 13.2. The first-order valence-corrected chi connectivity index (χ1v) is 5.99. The highest BCUT2D eigenvalue weighted by Gasteiger charge is 2.06. The quantitative estimate of drug-likeness (QED) is 0.780. The first-order valence-electron chi connectivity index (χ1n) is 5.99. The first-order chi connectivity index (χ1) is 8.31. The summed E-state index contributed by atoms with van der Waals surface area (Å²) in [7, 11) is 0. The Kier molecular flexibility index (Phi) is 5.80. The highest BCUT2D eigenvalue weighted by molar-refractivity contribution is 5.48. The van der Waals surface area contributed by atoms with Crippen LogP contribution in [-0.4, -0.2) is 29.6 Å². The predicted molar refractivity (Wildman–Crippen MR) is 68.9 cm³/mol. The Morgan fingerprint density at radius 1 is 1.41 bits per heavy atom. The Hall–Kier alpha value is -1.83. The zero-order valence-electron chi connectivity index (χ0n) is 10.5. The monoisotopic (exact) mass is 233 g/mol. The van der Waals surface area contributed by atoms with Gasteiger partial charge in [0, 0.05) is 25.7 Å². The van der Waals surface area contributed by atoms with E-state index in [1.165, 1.54) is 0 Å². The molecular formula is C12H19N5. The van der Waals surface area contributed by atoms with Crippen molar-refractivity contribution in [3.63, 3.8) is 0 Å². The normalized spacial score (nSPS) is 9.71. The molecule has 0 aliphatic heterocycles. The van der Waals surface area contributed by atoms with Crippen molar-refractivity contribution in [3.05, 3.63) is 12.4 Å². The van der Waals surface area contributed by atoms with E-state index in [0.29, 0.717) is 13.0 Å². The number of nitrogens with one attached hydrogen (secondary N) is 1. The molecule has 0 aliphatic carbocycles. The van der Waals surface area contributed by atoms with E-state index in [0.717, 1.165) is 31.1 Å². The fourth-order valence-corrected chi connectivity index (χ4v) is 1.49. The molecule has 1 heterocycles. The summed E-state index contributed by atoms with van der Waals surface area (Å²) in [6, 6.07) is 4.08. The molecule has 5 heteroatoms. The molecule has 0 fully saturated rings. The number of anilines is 2. The second kappa shape index (κ2) is 7.44. The van der Waals surface area contributed by atoms with Crippen molar-refractivity contribution in [1.82, 2.24) is 9.97 Å². The molecule has 0 saturated heterocycles. The van der Waals surface area contributed by atoms with Gasteiger partial charge in [-0.3, -0.25) is 0 Å². The lowest BCUT2D eigenvalue weighted by molar-refractivity contribution is 0.807. The minimum absolute atomic E-state index is 0.509. The van der Waals surface area contributed by atoms with Crippen molar-refractivity contribution < 1.29 is 0 Å². The zero-order valence-corrected chi connectivity index (χ0v) is 10.5. The minimum Gasteiger partial charge on any atom is -0.370 e. The summed E-state index contributed by atoms with van der Waals surface area (Å²) in [6.07, 6.45) is 3.13. The summed E-state index contributed by atoms with van der Waals surface area (Å²) in [5, 5.41) is 11.8. The lowest BCUT2D eigenvalue weighted by atomic mass is 10.3. The minimum atomic E-state index is 0.509. The molecule has 0 radical (unpaired) electrons. The number of nitrogens with zero attached hydrogens (tertiary/aromatic N) is 4. The van der Waals surface area contributed by atoms with Crippen LogP contribution in [0.3, 0.4) is 0 Å². The Morgan fingerprint density at radius 3 is 2.88 bits per heavy atom. The van der Waals surface area contributed by atoms with Crippen LogP contribution in [0.2, 0.25) is 0 Å². The van der Waals surface area contributed by atoms with Crippen molar-refractivity contribution in [3.8, 4) is 6.07 Å². The van der Waals surface area contributed by atoms with Crippen LogP contribution in [0.1, 0.15) is 26.7 Å². The standard InChI is InChI=1S/C12H19N5/c1-3-7-14-11-9-12(16-10-15-11)17(4-2)8-5-6-13/h9-10H,3-5,7-8H2,1-2H3,(H,14,15,16). The zero-order chi connectivity index (χ0) is 12.5. The van der Waals surface area contributed by atoms with Crippen LogP contribution >= 0.6 is 0 Å². The third-order valence-corrected chi connectivity index (χ3v) is 2.41. The van der Waals surface area contributed by atoms with Crippen LogP contribution in [-0.2, 0) is 0 Å². The fraction of sp³-hybridized carbons (Fsp3) is 0.583. The van der Waals surface area contributed by atoms with Crippen molar-refractivity contribution in [1.29, 1.82) is 5.26 Å². The van der Waals surface area contributed by atoms with Gasteiger partial charge in [-0.1, -0.05) is 6.92 Å². The lowest BCUT2D eigenvalue weighted by Crippen LogP contribution is -2.24. The second-order valence-electron chi connectivity index (χ2n) is 3.68. The molecule has 17 heavy (non-hydrogen) atoms. The molecule has 0 aliphatic rings. The molecule has 0 unspecified atom stereocenters. The molecule has 1 aromatic heterocycles. The largest absolute Gasteiger partial charge is 0.370 e. The second-order valence-corrected chi connectivity index (χ2v) is 3.68. The smallest absolute Gasteiger partial charge is 0.134 e. The van der Waals surface area contributed by atoms with Gasteiger partial charge in [0.15, 0.2) is 0 Å². The van der Waals surface area contributed by atoms with Crippen molar-refractivity contribution in [2.75, 3.05) is 29.9 Å². The number of hydrogen-bond acceptors (Lipinski definition) is 5. The van der Waals surface area contributed by atoms with Crippen LogP contribution in [0.25, 0.3) is 0 Å². The third-order valence-electron chi connectivity index (χ3n) is 2.41. The average Bonchev–Trinajstić information content (AvgIpc) is 2.38. The van der Waals surface area contributed by atoms with Gasteiger partial charge in [-0.15, -0.1) is 0 Å². The van der Waals surface area contributed by atoms with Gasteiger partial charge in [0.1, 0.15) is 18.0 Å². The van der Waals surface area contributed by atoms with E-state index < -0.39 is 0 Å². The van der Waals surface area contributed by atoms with E-state index >= 15 is 0 Å². The van der Waals surface area contributed by atoms with Crippen LogP contribution < -0.4 is 10.2 Å². The Balaban J connectivity index is 2.70. The van der Waals surface area contributed by atoms with Crippen LogP contribution in [0.4, 0.5) is 11.6 Å². The maximum atomic E-state index is 8.61. The van der Waals surface area contributed by atoms with Gasteiger partial charge >= 0.3 is 0 Å². The third kappa shape index (κ3) is 4.27.